The highest BCUT2D eigenvalue weighted by Crippen LogP contribution is 2.67. The summed E-state index contributed by atoms with van der Waals surface area (Å²) in [4.78, 5) is 25.2. The molecule has 0 aromatic heterocycles. The Balaban J connectivity index is 2.21. The predicted molar refractivity (Wildman–Crippen MR) is 102 cm³/mol. The molecule has 3 rings (SSSR count). The summed E-state index contributed by atoms with van der Waals surface area (Å²) in [5, 5.41) is 20.6. The third kappa shape index (κ3) is 2.72. The highest BCUT2D eigenvalue weighted by atomic mass is 16.6. The van der Waals surface area contributed by atoms with Crippen LogP contribution >= 0.6 is 0 Å². The van der Waals surface area contributed by atoms with E-state index in [0.29, 0.717) is 12.8 Å². The van der Waals surface area contributed by atoms with Gasteiger partial charge in [0.25, 0.3) is 0 Å². The molecule has 8 atom stereocenters. The van der Waals surface area contributed by atoms with Crippen LogP contribution in [0.5, 0.6) is 0 Å². The third-order valence-corrected chi connectivity index (χ3v) is 8.70. The molecule has 3 aliphatic carbocycles. The van der Waals surface area contributed by atoms with Crippen LogP contribution in [0.4, 0.5) is 0 Å². The molecule has 0 aromatic carbocycles. The van der Waals surface area contributed by atoms with Crippen molar-refractivity contribution in [2.45, 2.75) is 72.0 Å². The topological polar surface area (TPSA) is 83.8 Å². The van der Waals surface area contributed by atoms with E-state index in [1.807, 2.05) is 6.92 Å². The quantitative estimate of drug-likeness (QED) is 0.583. The third-order valence-electron chi connectivity index (χ3n) is 8.70. The first-order valence-electron chi connectivity index (χ1n) is 10.2. The number of esters is 1. The van der Waals surface area contributed by atoms with Crippen molar-refractivity contribution in [3.8, 4) is 0 Å². The number of aliphatic hydroxyl groups is 2. The van der Waals surface area contributed by atoms with E-state index in [0.717, 1.165) is 19.3 Å². The van der Waals surface area contributed by atoms with Crippen molar-refractivity contribution >= 4 is 11.8 Å². The van der Waals surface area contributed by atoms with Crippen molar-refractivity contribution in [1.82, 2.24) is 0 Å². The minimum atomic E-state index is -0.686. The van der Waals surface area contributed by atoms with Gasteiger partial charge in [-0.15, -0.1) is 6.58 Å². The van der Waals surface area contributed by atoms with Gasteiger partial charge in [-0.1, -0.05) is 33.8 Å². The Morgan fingerprint density at radius 2 is 2.00 bits per heavy atom. The van der Waals surface area contributed by atoms with E-state index in [4.69, 9.17) is 4.74 Å². The highest BCUT2D eigenvalue weighted by molar-refractivity contribution is 5.85. The first-order valence-corrected chi connectivity index (χ1v) is 10.2. The van der Waals surface area contributed by atoms with Gasteiger partial charge in [0.05, 0.1) is 6.10 Å². The van der Waals surface area contributed by atoms with Crippen molar-refractivity contribution in [3.05, 3.63) is 12.7 Å². The van der Waals surface area contributed by atoms with Crippen LogP contribution in [0, 0.1) is 34.0 Å². The van der Waals surface area contributed by atoms with E-state index < -0.39 is 35.6 Å². The van der Waals surface area contributed by atoms with Crippen molar-refractivity contribution in [3.63, 3.8) is 0 Å². The fraction of sp³-hybridized carbons (Fsp3) is 0.818. The molecule has 0 radical (unpaired) electrons. The van der Waals surface area contributed by atoms with Gasteiger partial charge in [-0.3, -0.25) is 4.79 Å². The van der Waals surface area contributed by atoms with Gasteiger partial charge in [-0.05, 0) is 42.9 Å². The molecule has 2 N–H and O–H groups in total. The lowest BCUT2D eigenvalue weighted by Gasteiger charge is -2.61. The zero-order chi connectivity index (χ0) is 20.2. The summed E-state index contributed by atoms with van der Waals surface area (Å²) in [7, 11) is 0. The van der Waals surface area contributed by atoms with Gasteiger partial charge in [0.15, 0.2) is 0 Å². The Morgan fingerprint density at radius 3 is 2.59 bits per heavy atom. The Kier molecular flexibility index (Phi) is 5.09. The van der Waals surface area contributed by atoms with E-state index in [9.17, 15) is 19.8 Å². The monoisotopic (exact) mass is 378 g/mol. The second-order valence-electron chi connectivity index (χ2n) is 9.72. The smallest absolute Gasteiger partial charge is 0.332 e. The lowest BCUT2D eigenvalue weighted by atomic mass is 9.44. The molecule has 3 fully saturated rings. The number of carbonyl (C=O) groups is 2. The molecule has 0 amide bonds. The summed E-state index contributed by atoms with van der Waals surface area (Å²) in [5.74, 6) is -0.520. The lowest BCUT2D eigenvalue weighted by Crippen LogP contribution is -2.63. The maximum absolute atomic E-state index is 13.1. The minimum Gasteiger partial charge on any atom is -0.460 e. The minimum absolute atomic E-state index is 0.0433. The molecule has 0 heterocycles. The van der Waals surface area contributed by atoms with E-state index >= 15 is 0 Å². The van der Waals surface area contributed by atoms with Gasteiger partial charge in [-0.25, -0.2) is 4.79 Å². The number of aliphatic hydroxyl groups excluding tert-OH is 2. The van der Waals surface area contributed by atoms with Gasteiger partial charge < -0.3 is 14.9 Å². The number of hydrogen-bond donors (Lipinski definition) is 2. The SMILES string of the molecule is C=C[C@@]1(C)C[C@H](OC(=O)CO)[C@@]2(C)[C@@H](C)CC[C@@]3(CCC(=O)[C@@H]32)[C@H](C)[C@H]1O. The zero-order valence-corrected chi connectivity index (χ0v) is 17.0. The molecule has 152 valence electrons. The van der Waals surface area contributed by atoms with Gasteiger partial charge in [-0.2, -0.15) is 0 Å². The summed E-state index contributed by atoms with van der Waals surface area (Å²) < 4.78 is 5.77. The van der Waals surface area contributed by atoms with Crippen molar-refractivity contribution in [1.29, 1.82) is 0 Å². The Bertz CT molecular complexity index is 645. The largest absolute Gasteiger partial charge is 0.460 e. The second-order valence-corrected chi connectivity index (χ2v) is 9.72. The Labute approximate surface area is 162 Å². The zero-order valence-electron chi connectivity index (χ0n) is 17.0. The van der Waals surface area contributed by atoms with Gasteiger partial charge >= 0.3 is 5.97 Å². The van der Waals surface area contributed by atoms with Gasteiger partial charge in [0.1, 0.15) is 18.5 Å². The molecule has 0 saturated heterocycles. The molecule has 0 aromatic rings. The van der Waals surface area contributed by atoms with E-state index in [2.05, 4.69) is 27.4 Å². The van der Waals surface area contributed by atoms with Crippen LogP contribution in [0.2, 0.25) is 0 Å². The summed E-state index contributed by atoms with van der Waals surface area (Å²) in [6, 6.07) is 0. The predicted octanol–water partition coefficient (Wildman–Crippen LogP) is 2.89. The molecular formula is C22H34O5. The lowest BCUT2D eigenvalue weighted by molar-refractivity contribution is -0.207. The molecular weight excluding hydrogens is 344 g/mol. The molecule has 27 heavy (non-hydrogen) atoms. The maximum atomic E-state index is 13.1. The van der Waals surface area contributed by atoms with Crippen molar-refractivity contribution in [2.24, 2.45) is 34.0 Å². The maximum Gasteiger partial charge on any atom is 0.332 e. The van der Waals surface area contributed by atoms with Crippen LogP contribution in [0.1, 0.15) is 59.8 Å². The van der Waals surface area contributed by atoms with Crippen molar-refractivity contribution < 1.29 is 24.5 Å². The van der Waals surface area contributed by atoms with Crippen LogP contribution in [0.15, 0.2) is 12.7 Å². The van der Waals surface area contributed by atoms with Crippen molar-refractivity contribution in [2.75, 3.05) is 6.61 Å². The number of rotatable bonds is 3. The highest BCUT2D eigenvalue weighted by Gasteiger charge is 2.68. The number of ether oxygens (including phenoxy) is 1. The second kappa shape index (κ2) is 6.70. The van der Waals surface area contributed by atoms with Gasteiger partial charge in [0, 0.05) is 23.2 Å². The molecule has 5 heteroatoms. The summed E-state index contributed by atoms with van der Waals surface area (Å²) in [6.45, 7) is 11.5. The Morgan fingerprint density at radius 1 is 1.33 bits per heavy atom. The number of ketones is 1. The van der Waals surface area contributed by atoms with Crippen LogP contribution < -0.4 is 0 Å². The van der Waals surface area contributed by atoms with Crippen LogP contribution in [0.25, 0.3) is 0 Å². The molecule has 3 saturated carbocycles. The first-order chi connectivity index (χ1) is 12.6. The fourth-order valence-electron chi connectivity index (χ4n) is 6.70. The summed E-state index contributed by atoms with van der Waals surface area (Å²) in [6.07, 6.45) is 4.10. The average Bonchev–Trinajstić information content (AvgIpc) is 3.00. The van der Waals surface area contributed by atoms with E-state index in [-0.39, 0.29) is 29.0 Å². The number of carbonyl (C=O) groups excluding carboxylic acids is 2. The molecule has 0 aliphatic heterocycles. The molecule has 0 spiro atoms. The normalized spacial score (nSPS) is 49.7. The standard InChI is InChI=1S/C22H34O5/c1-6-20(4)11-16(27-17(25)12-23)21(5)13(2)7-9-22(14(3)19(20)26)10-8-15(24)18(21)22/h6,13-14,16,18-19,23,26H,1,7-12H2,2-5H3/t13-,14+,16-,18+,19+,20-,21+,22+/m0/s1. The summed E-state index contributed by atoms with van der Waals surface area (Å²) in [5.41, 5.74) is -1.43. The molecule has 3 aliphatic rings. The molecule has 5 nitrogen and oxygen atoms in total. The van der Waals surface area contributed by atoms with E-state index in [1.54, 1.807) is 6.08 Å². The first kappa shape index (κ1) is 20.5. The van der Waals surface area contributed by atoms with Gasteiger partial charge in [0.2, 0.25) is 0 Å². The average molecular weight is 379 g/mol. The van der Waals surface area contributed by atoms with Crippen LogP contribution in [-0.4, -0.2) is 40.8 Å². The Hall–Kier alpha value is -1.20. The number of Topliss-reactive ketones (excluding diaryl/α,β-unsaturated/α-hetero) is 1. The fourth-order valence-corrected chi connectivity index (χ4v) is 6.70. The van der Waals surface area contributed by atoms with Crippen LogP contribution in [-0.2, 0) is 14.3 Å². The molecule has 2 bridgehead atoms. The van der Waals surface area contributed by atoms with E-state index in [1.165, 1.54) is 0 Å². The molecule has 0 unspecified atom stereocenters. The number of hydrogen-bond acceptors (Lipinski definition) is 5. The van der Waals surface area contributed by atoms with Crippen LogP contribution in [0.3, 0.4) is 0 Å². The summed E-state index contributed by atoms with van der Waals surface area (Å²) >= 11 is 0.